The third-order valence-electron chi connectivity index (χ3n) is 6.61. The van der Waals surface area contributed by atoms with Crippen molar-refractivity contribution in [1.82, 2.24) is 15.5 Å². The summed E-state index contributed by atoms with van der Waals surface area (Å²) in [5, 5.41) is 11.4. The molecule has 0 radical (unpaired) electrons. The lowest BCUT2D eigenvalue weighted by molar-refractivity contribution is 0.0558. The van der Waals surface area contributed by atoms with Crippen molar-refractivity contribution < 1.29 is 27.8 Å². The number of carbonyl (C=O) groups is 2. The number of anilines is 2. The molecule has 0 saturated carbocycles. The lowest BCUT2D eigenvalue weighted by atomic mass is 9.93. The Morgan fingerprint density at radius 3 is 2.61 bits per heavy atom. The minimum Gasteiger partial charge on any atom is -0.443 e. The Morgan fingerprint density at radius 1 is 1.22 bits per heavy atom. The number of hydrogen-bond donors (Lipinski definition) is 1. The molecule has 2 aromatic carbocycles. The average Bonchev–Trinajstić information content (AvgIpc) is 3.56. The predicted molar refractivity (Wildman–Crippen MR) is 152 cm³/mol. The van der Waals surface area contributed by atoms with Gasteiger partial charge in [0, 0.05) is 11.6 Å². The highest BCUT2D eigenvalue weighted by Crippen LogP contribution is 2.33. The van der Waals surface area contributed by atoms with Crippen LogP contribution in [0.25, 0.3) is 5.57 Å². The SMILES string of the molecule is CC(C)(C)OC(=O)N(C[C@H]1CN(c2cc(F)c(C3=CC(Cc4ccccc4)NCC3)c(F)c2)C(=O)O1)c1nncs1. The maximum Gasteiger partial charge on any atom is 0.416 e. The number of hydrogen-bond acceptors (Lipinski definition) is 8. The highest BCUT2D eigenvalue weighted by Gasteiger charge is 2.37. The smallest absolute Gasteiger partial charge is 0.416 e. The Bertz CT molecular complexity index is 1410. The van der Waals surface area contributed by atoms with E-state index in [1.807, 2.05) is 36.4 Å². The molecule has 1 unspecified atom stereocenters. The Labute approximate surface area is 240 Å². The molecule has 12 heteroatoms. The fraction of sp³-hybridized carbons (Fsp3) is 0.379. The van der Waals surface area contributed by atoms with Crippen molar-refractivity contribution in [2.45, 2.75) is 51.4 Å². The van der Waals surface area contributed by atoms with E-state index < -0.39 is 35.5 Å². The van der Waals surface area contributed by atoms with Crippen LogP contribution in [0.15, 0.2) is 54.1 Å². The van der Waals surface area contributed by atoms with Gasteiger partial charge in [-0.15, -0.1) is 10.2 Å². The number of ether oxygens (including phenoxy) is 2. The minimum atomic E-state index is -0.796. The number of carbonyl (C=O) groups excluding carboxylic acids is 2. The third-order valence-corrected chi connectivity index (χ3v) is 7.33. The van der Waals surface area contributed by atoms with E-state index in [1.54, 1.807) is 20.8 Å². The van der Waals surface area contributed by atoms with Gasteiger partial charge in [0.2, 0.25) is 5.13 Å². The molecule has 2 atom stereocenters. The Hall–Kier alpha value is -3.90. The van der Waals surface area contributed by atoms with Gasteiger partial charge in [-0.25, -0.2) is 23.3 Å². The minimum absolute atomic E-state index is 0.0269. The average molecular weight is 584 g/mol. The first-order valence-electron chi connectivity index (χ1n) is 13.3. The molecule has 1 aromatic heterocycles. The van der Waals surface area contributed by atoms with E-state index in [0.29, 0.717) is 25.0 Å². The van der Waals surface area contributed by atoms with Crippen molar-refractivity contribution in [2.75, 3.05) is 29.4 Å². The van der Waals surface area contributed by atoms with Gasteiger partial charge >= 0.3 is 12.2 Å². The van der Waals surface area contributed by atoms with Crippen molar-refractivity contribution >= 4 is 39.9 Å². The van der Waals surface area contributed by atoms with Gasteiger partial charge in [-0.2, -0.15) is 0 Å². The van der Waals surface area contributed by atoms with Gasteiger partial charge in [-0.05, 0) is 63.4 Å². The van der Waals surface area contributed by atoms with Crippen LogP contribution in [-0.4, -0.2) is 59.8 Å². The first kappa shape index (κ1) is 28.6. The van der Waals surface area contributed by atoms with E-state index in [2.05, 4.69) is 15.5 Å². The summed E-state index contributed by atoms with van der Waals surface area (Å²) in [5.74, 6) is -1.51. The number of amides is 2. The molecule has 1 fully saturated rings. The first-order chi connectivity index (χ1) is 19.6. The van der Waals surface area contributed by atoms with Gasteiger partial charge in [-0.3, -0.25) is 4.90 Å². The summed E-state index contributed by atoms with van der Waals surface area (Å²) in [7, 11) is 0. The Kier molecular flexibility index (Phi) is 8.32. The van der Waals surface area contributed by atoms with Gasteiger partial charge in [0.25, 0.3) is 0 Å². The fourth-order valence-corrected chi connectivity index (χ4v) is 5.43. The summed E-state index contributed by atoms with van der Waals surface area (Å²) >= 11 is 1.13. The zero-order valence-corrected chi connectivity index (χ0v) is 23.8. The topological polar surface area (TPSA) is 96.9 Å². The molecule has 2 aliphatic heterocycles. The lowest BCUT2D eigenvalue weighted by Crippen LogP contribution is -2.42. The predicted octanol–water partition coefficient (Wildman–Crippen LogP) is 5.57. The number of cyclic esters (lactones) is 1. The zero-order valence-electron chi connectivity index (χ0n) is 23.0. The maximum absolute atomic E-state index is 15.4. The molecule has 2 aliphatic rings. The molecule has 9 nitrogen and oxygen atoms in total. The number of nitrogens with zero attached hydrogens (tertiary/aromatic N) is 4. The van der Waals surface area contributed by atoms with E-state index in [-0.39, 0.29) is 35.5 Å². The molecule has 5 rings (SSSR count). The summed E-state index contributed by atoms with van der Waals surface area (Å²) < 4.78 is 41.8. The molecule has 2 amide bonds. The van der Waals surface area contributed by atoms with Crippen LogP contribution in [0, 0.1) is 11.6 Å². The van der Waals surface area contributed by atoms with Crippen molar-refractivity contribution in [1.29, 1.82) is 0 Å². The first-order valence-corrected chi connectivity index (χ1v) is 14.2. The van der Waals surface area contributed by atoms with Crippen LogP contribution in [0.3, 0.4) is 0 Å². The molecule has 3 aromatic rings. The van der Waals surface area contributed by atoms with E-state index in [9.17, 15) is 9.59 Å². The standard InChI is InChI=1S/C29H31F2N5O4S/c1-29(2,3)40-28(38)36(26-34-33-17-41-26)16-22-15-35(27(37)39-22)21-13-23(30)25(24(31)14-21)19-9-10-32-20(12-19)11-18-7-5-4-6-8-18/h4-8,12-14,17,20,22,32H,9-11,15-16H2,1-3H3/t20?,22-/m1/s1. The molecular weight excluding hydrogens is 552 g/mol. The fourth-order valence-electron chi connectivity index (χ4n) is 4.87. The van der Waals surface area contributed by atoms with E-state index in [0.717, 1.165) is 33.9 Å². The lowest BCUT2D eigenvalue weighted by Gasteiger charge is -2.26. The van der Waals surface area contributed by atoms with Crippen molar-refractivity contribution in [3.8, 4) is 0 Å². The highest BCUT2D eigenvalue weighted by molar-refractivity contribution is 7.13. The third kappa shape index (κ3) is 6.88. The summed E-state index contributed by atoms with van der Waals surface area (Å²) in [4.78, 5) is 28.0. The van der Waals surface area contributed by atoms with Crippen LogP contribution in [0.2, 0.25) is 0 Å². The monoisotopic (exact) mass is 583 g/mol. The quantitative estimate of drug-likeness (QED) is 0.388. The normalized spacial score (nSPS) is 19.1. The molecule has 0 bridgehead atoms. The summed E-state index contributed by atoms with van der Waals surface area (Å²) in [6.07, 6.45) is 0.799. The largest absolute Gasteiger partial charge is 0.443 e. The molecule has 1 N–H and O–H groups in total. The van der Waals surface area contributed by atoms with Gasteiger partial charge < -0.3 is 14.8 Å². The molecule has 41 heavy (non-hydrogen) atoms. The van der Waals surface area contributed by atoms with Crippen LogP contribution >= 0.6 is 11.3 Å². The summed E-state index contributed by atoms with van der Waals surface area (Å²) in [5.41, 5.74) is 2.35. The van der Waals surface area contributed by atoms with E-state index in [4.69, 9.17) is 9.47 Å². The van der Waals surface area contributed by atoms with Crippen molar-refractivity contribution in [3.05, 3.63) is 76.8 Å². The van der Waals surface area contributed by atoms with Crippen LogP contribution in [-0.2, 0) is 15.9 Å². The van der Waals surface area contributed by atoms with Gasteiger partial charge in [-0.1, -0.05) is 47.7 Å². The van der Waals surface area contributed by atoms with Gasteiger partial charge in [0.05, 0.1) is 18.8 Å². The van der Waals surface area contributed by atoms with Crippen LogP contribution < -0.4 is 15.1 Å². The number of aromatic nitrogens is 2. The van der Waals surface area contributed by atoms with E-state index in [1.165, 1.54) is 10.4 Å². The van der Waals surface area contributed by atoms with Crippen LogP contribution in [0.4, 0.5) is 29.2 Å². The zero-order chi connectivity index (χ0) is 29.1. The van der Waals surface area contributed by atoms with Crippen LogP contribution in [0.1, 0.15) is 38.3 Å². The second kappa shape index (κ2) is 11.9. The summed E-state index contributed by atoms with van der Waals surface area (Å²) in [6, 6.07) is 12.1. The van der Waals surface area contributed by atoms with Crippen molar-refractivity contribution in [2.24, 2.45) is 0 Å². The van der Waals surface area contributed by atoms with Crippen LogP contribution in [0.5, 0.6) is 0 Å². The molecule has 0 aliphatic carbocycles. The molecule has 0 spiro atoms. The van der Waals surface area contributed by atoms with E-state index >= 15 is 8.78 Å². The number of rotatable bonds is 7. The Morgan fingerprint density at radius 2 is 1.95 bits per heavy atom. The molecule has 216 valence electrons. The maximum atomic E-state index is 15.4. The van der Waals surface area contributed by atoms with Gasteiger partial charge in [0.1, 0.15) is 28.8 Å². The molecular formula is C29H31F2N5O4S. The van der Waals surface area contributed by atoms with Crippen molar-refractivity contribution in [3.63, 3.8) is 0 Å². The number of nitrogens with one attached hydrogen (secondary N) is 1. The van der Waals surface area contributed by atoms with Gasteiger partial charge in [0.15, 0.2) is 0 Å². The highest BCUT2D eigenvalue weighted by atomic mass is 32.1. The second-order valence-corrected chi connectivity index (χ2v) is 11.7. The summed E-state index contributed by atoms with van der Waals surface area (Å²) in [6.45, 7) is 5.69. The number of halogens is 2. The number of benzene rings is 2. The molecule has 3 heterocycles. The Balaban J connectivity index is 1.32. The molecule has 1 saturated heterocycles. The second-order valence-electron chi connectivity index (χ2n) is 10.9.